The van der Waals surface area contributed by atoms with Crippen LogP contribution in [0.4, 0.5) is 11.4 Å². The van der Waals surface area contributed by atoms with Crippen LogP contribution in [0.1, 0.15) is 6.42 Å². The number of hydrogen-bond donors (Lipinski definition) is 1. The SMILES string of the molecule is COC(=O)C[C@@H]1CN=C(Nc2ccccc2)N(c2ccccc2)C1=O. The van der Waals surface area contributed by atoms with E-state index in [2.05, 4.69) is 10.3 Å². The monoisotopic (exact) mass is 337 g/mol. The number of anilines is 2. The highest BCUT2D eigenvalue weighted by Gasteiger charge is 2.34. The molecule has 25 heavy (non-hydrogen) atoms. The van der Waals surface area contributed by atoms with Crippen LogP contribution in [0.25, 0.3) is 0 Å². The molecular formula is C19H19N3O3. The molecular weight excluding hydrogens is 318 g/mol. The number of nitrogens with one attached hydrogen (secondary N) is 1. The van der Waals surface area contributed by atoms with Gasteiger partial charge in [0.1, 0.15) is 0 Å². The van der Waals surface area contributed by atoms with E-state index in [1.165, 1.54) is 12.0 Å². The molecule has 6 heteroatoms. The first-order valence-corrected chi connectivity index (χ1v) is 8.01. The Labute approximate surface area is 146 Å². The van der Waals surface area contributed by atoms with E-state index in [1.807, 2.05) is 60.7 Å². The zero-order chi connectivity index (χ0) is 17.6. The van der Waals surface area contributed by atoms with E-state index >= 15 is 0 Å². The fourth-order valence-electron chi connectivity index (χ4n) is 2.64. The van der Waals surface area contributed by atoms with Crippen LogP contribution in [0.5, 0.6) is 0 Å². The summed E-state index contributed by atoms with van der Waals surface area (Å²) in [5.74, 6) is -0.677. The molecule has 1 heterocycles. The molecule has 0 bridgehead atoms. The van der Waals surface area contributed by atoms with E-state index in [0.717, 1.165) is 5.69 Å². The van der Waals surface area contributed by atoms with Crippen molar-refractivity contribution < 1.29 is 14.3 Å². The second-order valence-electron chi connectivity index (χ2n) is 5.64. The third kappa shape index (κ3) is 3.85. The summed E-state index contributed by atoms with van der Waals surface area (Å²) in [5, 5.41) is 3.19. The van der Waals surface area contributed by atoms with Crippen LogP contribution in [-0.4, -0.2) is 31.5 Å². The summed E-state index contributed by atoms with van der Waals surface area (Å²) in [5.41, 5.74) is 1.53. The number of guanidine groups is 1. The molecule has 128 valence electrons. The third-order valence-corrected chi connectivity index (χ3v) is 3.93. The predicted octanol–water partition coefficient (Wildman–Crippen LogP) is 2.68. The van der Waals surface area contributed by atoms with E-state index in [0.29, 0.717) is 11.6 Å². The summed E-state index contributed by atoms with van der Waals surface area (Å²) in [6, 6.07) is 18.8. The van der Waals surface area contributed by atoms with Gasteiger partial charge in [-0.1, -0.05) is 36.4 Å². The van der Waals surface area contributed by atoms with Crippen molar-refractivity contribution in [1.82, 2.24) is 0 Å². The van der Waals surface area contributed by atoms with Crippen LogP contribution >= 0.6 is 0 Å². The van der Waals surface area contributed by atoms with Crippen LogP contribution in [0, 0.1) is 5.92 Å². The molecule has 0 aliphatic carbocycles. The van der Waals surface area contributed by atoms with Gasteiger partial charge in [0.05, 0.1) is 31.7 Å². The van der Waals surface area contributed by atoms with Crippen molar-refractivity contribution in [2.45, 2.75) is 6.42 Å². The van der Waals surface area contributed by atoms with Gasteiger partial charge in [-0.3, -0.25) is 19.5 Å². The molecule has 0 saturated heterocycles. The molecule has 1 amide bonds. The van der Waals surface area contributed by atoms with Gasteiger partial charge in [-0.15, -0.1) is 0 Å². The van der Waals surface area contributed by atoms with Gasteiger partial charge in [0.15, 0.2) is 0 Å². The van der Waals surface area contributed by atoms with Crippen molar-refractivity contribution in [2.75, 3.05) is 23.9 Å². The minimum Gasteiger partial charge on any atom is -0.469 e. The van der Waals surface area contributed by atoms with Gasteiger partial charge in [0.25, 0.3) is 0 Å². The van der Waals surface area contributed by atoms with Crippen LogP contribution in [0.3, 0.4) is 0 Å². The highest BCUT2D eigenvalue weighted by atomic mass is 16.5. The molecule has 0 radical (unpaired) electrons. The highest BCUT2D eigenvalue weighted by Crippen LogP contribution is 2.24. The van der Waals surface area contributed by atoms with Crippen LogP contribution in [-0.2, 0) is 14.3 Å². The van der Waals surface area contributed by atoms with Gasteiger partial charge in [0, 0.05) is 5.69 Å². The topological polar surface area (TPSA) is 71.0 Å². The Bertz CT molecular complexity index is 775. The fourth-order valence-corrected chi connectivity index (χ4v) is 2.64. The van der Waals surface area contributed by atoms with Crippen molar-refractivity contribution in [3.63, 3.8) is 0 Å². The number of carbonyl (C=O) groups is 2. The number of aliphatic imine (C=N–C) groups is 1. The van der Waals surface area contributed by atoms with Gasteiger partial charge < -0.3 is 10.1 Å². The van der Waals surface area contributed by atoms with Crippen molar-refractivity contribution in [1.29, 1.82) is 0 Å². The van der Waals surface area contributed by atoms with Crippen molar-refractivity contribution in [3.8, 4) is 0 Å². The molecule has 1 N–H and O–H groups in total. The number of rotatable bonds is 4. The highest BCUT2D eigenvalue weighted by molar-refractivity contribution is 6.22. The molecule has 0 unspecified atom stereocenters. The number of methoxy groups -OCH3 is 1. The number of nitrogens with zero attached hydrogens (tertiary/aromatic N) is 2. The maximum absolute atomic E-state index is 13.0. The number of amides is 1. The molecule has 1 aliphatic heterocycles. The maximum atomic E-state index is 13.0. The zero-order valence-corrected chi connectivity index (χ0v) is 13.9. The lowest BCUT2D eigenvalue weighted by Gasteiger charge is -2.32. The minimum atomic E-state index is -0.533. The zero-order valence-electron chi connectivity index (χ0n) is 13.9. The fraction of sp³-hybridized carbons (Fsp3) is 0.211. The molecule has 6 nitrogen and oxygen atoms in total. The Morgan fingerprint density at radius 1 is 1.16 bits per heavy atom. The Kier molecular flexibility index (Phi) is 5.09. The van der Waals surface area contributed by atoms with E-state index in [9.17, 15) is 9.59 Å². The van der Waals surface area contributed by atoms with E-state index in [4.69, 9.17) is 4.74 Å². The molecule has 0 fully saturated rings. The Hall–Kier alpha value is -3.15. The number of hydrogen-bond acceptors (Lipinski definition) is 5. The van der Waals surface area contributed by atoms with E-state index in [1.54, 1.807) is 0 Å². The number of carbonyl (C=O) groups excluding carboxylic acids is 2. The first-order valence-electron chi connectivity index (χ1n) is 8.01. The van der Waals surface area contributed by atoms with Crippen molar-refractivity contribution in [3.05, 3.63) is 60.7 Å². The van der Waals surface area contributed by atoms with Gasteiger partial charge in [-0.25, -0.2) is 0 Å². The maximum Gasteiger partial charge on any atom is 0.306 e. The van der Waals surface area contributed by atoms with Crippen LogP contribution in [0.15, 0.2) is 65.7 Å². The van der Waals surface area contributed by atoms with Gasteiger partial charge in [-0.05, 0) is 24.3 Å². The number of esters is 1. The second kappa shape index (κ2) is 7.61. The molecule has 2 aromatic carbocycles. The number of para-hydroxylation sites is 2. The third-order valence-electron chi connectivity index (χ3n) is 3.93. The average Bonchev–Trinajstić information content (AvgIpc) is 2.65. The van der Waals surface area contributed by atoms with Crippen molar-refractivity contribution >= 4 is 29.2 Å². The predicted molar refractivity (Wildman–Crippen MR) is 96.4 cm³/mol. The lowest BCUT2D eigenvalue weighted by molar-refractivity contribution is -0.143. The molecule has 0 spiro atoms. The summed E-state index contributed by atoms with van der Waals surface area (Å²) in [4.78, 5) is 30.6. The molecule has 3 rings (SSSR count). The number of benzene rings is 2. The Morgan fingerprint density at radius 2 is 1.80 bits per heavy atom. The summed E-state index contributed by atoms with van der Waals surface area (Å²) in [6.45, 7) is 0.242. The molecule has 0 aromatic heterocycles. The Morgan fingerprint density at radius 3 is 2.44 bits per heavy atom. The smallest absolute Gasteiger partial charge is 0.306 e. The minimum absolute atomic E-state index is 0.0147. The molecule has 2 aromatic rings. The first kappa shape index (κ1) is 16.7. The lowest BCUT2D eigenvalue weighted by Crippen LogP contribution is -2.49. The summed E-state index contributed by atoms with van der Waals surface area (Å²) >= 11 is 0. The van der Waals surface area contributed by atoms with Crippen LogP contribution < -0.4 is 10.2 Å². The van der Waals surface area contributed by atoms with E-state index < -0.39 is 11.9 Å². The second-order valence-corrected chi connectivity index (χ2v) is 5.64. The average molecular weight is 337 g/mol. The largest absolute Gasteiger partial charge is 0.469 e. The van der Waals surface area contributed by atoms with Gasteiger partial charge >= 0.3 is 5.97 Å². The summed E-state index contributed by atoms with van der Waals surface area (Å²) in [6.07, 6.45) is 0.0147. The Balaban J connectivity index is 1.91. The number of ether oxygens (including phenoxy) is 1. The van der Waals surface area contributed by atoms with Gasteiger partial charge in [0.2, 0.25) is 11.9 Å². The summed E-state index contributed by atoms with van der Waals surface area (Å²) in [7, 11) is 1.32. The standard InChI is InChI=1S/C19H19N3O3/c1-25-17(23)12-14-13-20-19(21-15-8-4-2-5-9-15)22(18(14)24)16-10-6-3-7-11-16/h2-11,14H,12-13H2,1H3,(H,20,21)/t14-/m1/s1. The van der Waals surface area contributed by atoms with Crippen molar-refractivity contribution in [2.24, 2.45) is 10.9 Å². The van der Waals surface area contributed by atoms with E-state index in [-0.39, 0.29) is 18.9 Å². The van der Waals surface area contributed by atoms with Gasteiger partial charge in [-0.2, -0.15) is 0 Å². The lowest BCUT2D eigenvalue weighted by atomic mass is 10.0. The molecule has 1 atom stereocenters. The first-order chi connectivity index (χ1) is 12.2. The van der Waals surface area contributed by atoms with Crippen LogP contribution in [0.2, 0.25) is 0 Å². The molecule has 1 aliphatic rings. The normalized spacial score (nSPS) is 17.0. The summed E-state index contributed by atoms with van der Waals surface area (Å²) < 4.78 is 4.69. The molecule has 0 saturated carbocycles. The quantitative estimate of drug-likeness (QED) is 0.871.